The summed E-state index contributed by atoms with van der Waals surface area (Å²) in [4.78, 5) is 14.1. The Morgan fingerprint density at radius 2 is 1.79 bits per heavy atom. The first-order valence-corrected chi connectivity index (χ1v) is 9.55. The average molecular weight is 377 g/mol. The van der Waals surface area contributed by atoms with E-state index in [2.05, 4.69) is 31.2 Å². The minimum atomic E-state index is 0.0675. The van der Waals surface area contributed by atoms with Crippen molar-refractivity contribution in [2.45, 2.75) is 32.7 Å². The predicted molar refractivity (Wildman–Crippen MR) is 110 cm³/mol. The maximum atomic E-state index is 12.2. The third kappa shape index (κ3) is 5.03. The van der Waals surface area contributed by atoms with Gasteiger partial charge in [0.25, 0.3) is 0 Å². The summed E-state index contributed by atoms with van der Waals surface area (Å²) in [7, 11) is 1.65. The average Bonchev–Trinajstić information content (AvgIpc) is 3.23. The van der Waals surface area contributed by atoms with Crippen LogP contribution in [-0.2, 0) is 11.3 Å². The molecule has 0 saturated carbocycles. The second kappa shape index (κ2) is 9.27. The molecular formula is C24H27NO3. The quantitative estimate of drug-likeness (QED) is 0.544. The number of amides is 1. The second-order valence-corrected chi connectivity index (χ2v) is 7.06. The van der Waals surface area contributed by atoms with Gasteiger partial charge >= 0.3 is 0 Å². The molecule has 3 rings (SSSR count). The summed E-state index contributed by atoms with van der Waals surface area (Å²) in [5.74, 6) is 1.93. The van der Waals surface area contributed by atoms with Crippen molar-refractivity contribution in [3.63, 3.8) is 0 Å². The van der Waals surface area contributed by atoms with Gasteiger partial charge in [0, 0.05) is 25.9 Å². The molecule has 0 saturated heterocycles. The van der Waals surface area contributed by atoms with Crippen molar-refractivity contribution in [3.8, 4) is 5.75 Å². The molecule has 0 aliphatic carbocycles. The molecule has 1 amide bonds. The van der Waals surface area contributed by atoms with Crippen molar-refractivity contribution >= 4 is 5.91 Å². The van der Waals surface area contributed by atoms with E-state index in [-0.39, 0.29) is 11.8 Å². The van der Waals surface area contributed by atoms with E-state index < -0.39 is 0 Å². The minimum Gasteiger partial charge on any atom is -0.497 e. The van der Waals surface area contributed by atoms with Gasteiger partial charge in [-0.2, -0.15) is 0 Å². The number of ether oxygens (including phenoxy) is 1. The number of aryl methyl sites for hydroxylation is 1. The first-order chi connectivity index (χ1) is 13.6. The molecule has 0 bridgehead atoms. The van der Waals surface area contributed by atoms with Gasteiger partial charge < -0.3 is 14.1 Å². The number of methoxy groups -OCH3 is 1. The minimum absolute atomic E-state index is 0.0675. The van der Waals surface area contributed by atoms with Gasteiger partial charge in [0.2, 0.25) is 5.91 Å². The van der Waals surface area contributed by atoms with Gasteiger partial charge in [-0.25, -0.2) is 0 Å². The highest BCUT2D eigenvalue weighted by Gasteiger charge is 2.19. The van der Waals surface area contributed by atoms with Crippen molar-refractivity contribution in [2.24, 2.45) is 0 Å². The molecule has 0 unspecified atom stereocenters. The summed E-state index contributed by atoms with van der Waals surface area (Å²) < 4.78 is 10.9. The Labute approximate surface area is 166 Å². The molecule has 28 heavy (non-hydrogen) atoms. The molecule has 0 fully saturated rings. The Balaban J connectivity index is 1.73. The van der Waals surface area contributed by atoms with E-state index in [1.807, 2.05) is 41.3 Å². The first kappa shape index (κ1) is 19.7. The fourth-order valence-electron chi connectivity index (χ4n) is 3.35. The summed E-state index contributed by atoms with van der Waals surface area (Å²) >= 11 is 0. The molecule has 0 N–H and O–H groups in total. The van der Waals surface area contributed by atoms with Crippen molar-refractivity contribution < 1.29 is 13.9 Å². The fraction of sp³-hybridized carbons (Fsp3) is 0.292. The number of benzene rings is 2. The standard InChI is InChI=1S/C24H27NO3/c1-18-6-10-21(11-7-18)23(24-5-4-16-28-24)14-15-25(19(2)26)17-20-8-12-22(27-3)13-9-20/h4-13,16,23H,14-15,17H2,1-3H3/t23-/m1/s1. The molecule has 1 aromatic heterocycles. The van der Waals surface area contributed by atoms with Gasteiger partial charge in [0.1, 0.15) is 11.5 Å². The van der Waals surface area contributed by atoms with E-state index in [1.165, 1.54) is 11.1 Å². The lowest BCUT2D eigenvalue weighted by Crippen LogP contribution is -2.30. The molecular weight excluding hydrogens is 350 g/mol. The maximum absolute atomic E-state index is 12.2. The Hall–Kier alpha value is -3.01. The van der Waals surface area contributed by atoms with Gasteiger partial charge in [-0.1, -0.05) is 42.0 Å². The summed E-state index contributed by atoms with van der Waals surface area (Å²) in [5, 5.41) is 0. The van der Waals surface area contributed by atoms with Gasteiger partial charge in [0.15, 0.2) is 0 Å². The molecule has 146 valence electrons. The summed E-state index contributed by atoms with van der Waals surface area (Å²) in [6.07, 6.45) is 2.50. The lowest BCUT2D eigenvalue weighted by molar-refractivity contribution is -0.129. The van der Waals surface area contributed by atoms with Gasteiger partial charge in [0.05, 0.1) is 13.4 Å². The van der Waals surface area contributed by atoms with Gasteiger partial charge in [-0.3, -0.25) is 4.79 Å². The molecule has 0 radical (unpaired) electrons. The Bertz CT molecular complexity index is 867. The van der Waals surface area contributed by atoms with E-state index in [1.54, 1.807) is 20.3 Å². The third-order valence-electron chi connectivity index (χ3n) is 5.03. The second-order valence-electron chi connectivity index (χ2n) is 7.06. The molecule has 1 atom stereocenters. The Kier molecular flexibility index (Phi) is 6.53. The zero-order valence-corrected chi connectivity index (χ0v) is 16.7. The SMILES string of the molecule is COc1ccc(CN(CC[C@H](c2ccc(C)cc2)c2ccco2)C(C)=O)cc1. The van der Waals surface area contributed by atoms with Gasteiger partial charge in [-0.05, 0) is 48.7 Å². The lowest BCUT2D eigenvalue weighted by Gasteiger charge is -2.24. The van der Waals surface area contributed by atoms with Crippen LogP contribution in [0.25, 0.3) is 0 Å². The number of hydrogen-bond donors (Lipinski definition) is 0. The smallest absolute Gasteiger partial charge is 0.219 e. The lowest BCUT2D eigenvalue weighted by atomic mass is 9.92. The van der Waals surface area contributed by atoms with Crippen molar-refractivity contribution in [1.29, 1.82) is 0 Å². The molecule has 4 heteroatoms. The Morgan fingerprint density at radius 3 is 2.36 bits per heavy atom. The van der Waals surface area contributed by atoms with Crippen LogP contribution in [0.4, 0.5) is 0 Å². The molecule has 3 aromatic rings. The zero-order chi connectivity index (χ0) is 19.9. The fourth-order valence-corrected chi connectivity index (χ4v) is 3.35. The van der Waals surface area contributed by atoms with Crippen molar-refractivity contribution in [1.82, 2.24) is 4.90 Å². The zero-order valence-electron chi connectivity index (χ0n) is 16.7. The highest BCUT2D eigenvalue weighted by Crippen LogP contribution is 2.29. The Morgan fingerprint density at radius 1 is 1.07 bits per heavy atom. The highest BCUT2D eigenvalue weighted by atomic mass is 16.5. The van der Waals surface area contributed by atoms with Crippen LogP contribution in [0.5, 0.6) is 5.75 Å². The molecule has 2 aromatic carbocycles. The van der Waals surface area contributed by atoms with E-state index in [0.29, 0.717) is 13.1 Å². The van der Waals surface area contributed by atoms with Crippen LogP contribution >= 0.6 is 0 Å². The van der Waals surface area contributed by atoms with E-state index >= 15 is 0 Å². The number of furan rings is 1. The number of nitrogens with zero attached hydrogens (tertiary/aromatic N) is 1. The molecule has 0 aliphatic rings. The first-order valence-electron chi connectivity index (χ1n) is 9.55. The molecule has 1 heterocycles. The van der Waals surface area contributed by atoms with Crippen LogP contribution in [0.1, 0.15) is 41.7 Å². The summed E-state index contributed by atoms with van der Waals surface area (Å²) in [6.45, 7) is 4.94. The summed E-state index contributed by atoms with van der Waals surface area (Å²) in [6, 6.07) is 20.3. The van der Waals surface area contributed by atoms with E-state index in [9.17, 15) is 4.79 Å². The highest BCUT2D eigenvalue weighted by molar-refractivity contribution is 5.73. The molecule has 4 nitrogen and oxygen atoms in total. The van der Waals surface area contributed by atoms with E-state index in [4.69, 9.17) is 9.15 Å². The van der Waals surface area contributed by atoms with Crippen molar-refractivity contribution in [2.75, 3.05) is 13.7 Å². The van der Waals surface area contributed by atoms with Gasteiger partial charge in [-0.15, -0.1) is 0 Å². The number of hydrogen-bond acceptors (Lipinski definition) is 3. The molecule has 0 spiro atoms. The normalized spacial score (nSPS) is 11.8. The number of carbonyl (C=O) groups excluding carboxylic acids is 1. The predicted octanol–water partition coefficient (Wildman–Crippen LogP) is 5.17. The third-order valence-corrected chi connectivity index (χ3v) is 5.03. The summed E-state index contributed by atoms with van der Waals surface area (Å²) in [5.41, 5.74) is 3.51. The topological polar surface area (TPSA) is 42.7 Å². The number of carbonyl (C=O) groups is 1. The molecule has 0 aliphatic heterocycles. The van der Waals surface area contributed by atoms with Crippen LogP contribution < -0.4 is 4.74 Å². The van der Waals surface area contributed by atoms with Crippen LogP contribution in [0.3, 0.4) is 0 Å². The van der Waals surface area contributed by atoms with Crippen LogP contribution in [-0.4, -0.2) is 24.5 Å². The van der Waals surface area contributed by atoms with Crippen LogP contribution in [0, 0.1) is 6.92 Å². The van der Waals surface area contributed by atoms with E-state index in [0.717, 1.165) is 23.5 Å². The maximum Gasteiger partial charge on any atom is 0.219 e. The largest absolute Gasteiger partial charge is 0.497 e. The van der Waals surface area contributed by atoms with Crippen molar-refractivity contribution in [3.05, 3.63) is 89.4 Å². The van der Waals surface area contributed by atoms with Crippen LogP contribution in [0.2, 0.25) is 0 Å². The van der Waals surface area contributed by atoms with Crippen LogP contribution in [0.15, 0.2) is 71.3 Å². The number of rotatable bonds is 8. The monoisotopic (exact) mass is 377 g/mol.